The summed E-state index contributed by atoms with van der Waals surface area (Å²) in [6.07, 6.45) is 1.98. The third kappa shape index (κ3) is 4.26. The van der Waals surface area contributed by atoms with E-state index in [0.717, 1.165) is 0 Å². The van der Waals surface area contributed by atoms with Crippen molar-refractivity contribution in [2.75, 3.05) is 23.4 Å². The van der Waals surface area contributed by atoms with Gasteiger partial charge in [0, 0.05) is 24.3 Å². The third-order valence-corrected chi connectivity index (χ3v) is 6.32. The Balaban J connectivity index is 1.82. The van der Waals surface area contributed by atoms with E-state index in [1.807, 2.05) is 6.92 Å². The lowest BCUT2D eigenvalue weighted by molar-refractivity contribution is 0.0708. The predicted octanol–water partition coefficient (Wildman–Crippen LogP) is 2.35. The smallest absolute Gasteiger partial charge is 0.254 e. The highest BCUT2D eigenvalue weighted by molar-refractivity contribution is 7.91. The molecule has 2 heterocycles. The van der Waals surface area contributed by atoms with Crippen molar-refractivity contribution < 1.29 is 13.2 Å². The van der Waals surface area contributed by atoms with Crippen LogP contribution >= 0.6 is 0 Å². The molecule has 1 saturated heterocycles. The van der Waals surface area contributed by atoms with Gasteiger partial charge in [-0.25, -0.2) is 13.4 Å². The molecule has 140 valence electrons. The molecule has 1 aromatic carbocycles. The first-order chi connectivity index (χ1) is 12.9. The Bertz CT molecular complexity index is 998. The summed E-state index contributed by atoms with van der Waals surface area (Å²) in [5.41, 5.74) is 1.50. The number of amides is 1. The standard InChI is InChI=1S/C19H20N4O3S/c1-2-23(16-8-10-27(25,26)13-16)19(24)14-7-9-21-18(11-14)22-17-6-4-3-5-15(17)12-20/h3-7,9,11,16H,2,8,10,13H2,1H3,(H,21,22). The first-order valence-corrected chi connectivity index (χ1v) is 10.5. The molecule has 2 aromatic rings. The maximum atomic E-state index is 12.9. The van der Waals surface area contributed by atoms with Crippen molar-refractivity contribution in [3.63, 3.8) is 0 Å². The lowest BCUT2D eigenvalue weighted by Gasteiger charge is -2.27. The van der Waals surface area contributed by atoms with Crippen molar-refractivity contribution in [2.24, 2.45) is 0 Å². The van der Waals surface area contributed by atoms with Crippen LogP contribution in [0.4, 0.5) is 11.5 Å². The Kier molecular flexibility index (Phi) is 5.42. The second-order valence-electron chi connectivity index (χ2n) is 6.36. The van der Waals surface area contributed by atoms with Gasteiger partial charge in [0.15, 0.2) is 9.84 Å². The summed E-state index contributed by atoms with van der Waals surface area (Å²) in [6, 6.07) is 12.1. The number of benzene rings is 1. The molecule has 1 aliphatic heterocycles. The first-order valence-electron chi connectivity index (χ1n) is 8.67. The summed E-state index contributed by atoms with van der Waals surface area (Å²) in [4.78, 5) is 18.7. The molecule has 0 saturated carbocycles. The molecule has 0 radical (unpaired) electrons. The van der Waals surface area contributed by atoms with E-state index in [2.05, 4.69) is 16.4 Å². The highest BCUT2D eigenvalue weighted by Gasteiger charge is 2.34. The molecule has 3 rings (SSSR count). The molecular weight excluding hydrogens is 364 g/mol. The van der Waals surface area contributed by atoms with Crippen LogP contribution in [0, 0.1) is 11.3 Å². The monoisotopic (exact) mass is 384 g/mol. The van der Waals surface area contributed by atoms with Crippen LogP contribution in [0.15, 0.2) is 42.6 Å². The first kappa shape index (κ1) is 18.9. The van der Waals surface area contributed by atoms with Crippen LogP contribution < -0.4 is 5.32 Å². The molecule has 8 heteroatoms. The summed E-state index contributed by atoms with van der Waals surface area (Å²) in [6.45, 7) is 2.27. The molecule has 1 amide bonds. The topological polar surface area (TPSA) is 103 Å². The van der Waals surface area contributed by atoms with Crippen molar-refractivity contribution >= 4 is 27.2 Å². The number of pyridine rings is 1. The van der Waals surface area contributed by atoms with E-state index in [1.54, 1.807) is 41.3 Å². The summed E-state index contributed by atoms with van der Waals surface area (Å²) in [5, 5.41) is 12.2. The maximum absolute atomic E-state index is 12.9. The van der Waals surface area contributed by atoms with Gasteiger partial charge in [0.2, 0.25) is 0 Å². The van der Waals surface area contributed by atoms with E-state index < -0.39 is 9.84 Å². The Labute approximate surface area is 158 Å². The average molecular weight is 384 g/mol. The zero-order valence-corrected chi connectivity index (χ0v) is 15.7. The van der Waals surface area contributed by atoms with E-state index in [0.29, 0.717) is 35.6 Å². The number of nitrogens with one attached hydrogen (secondary N) is 1. The molecule has 0 bridgehead atoms. The van der Waals surface area contributed by atoms with Crippen LogP contribution in [-0.4, -0.2) is 48.3 Å². The fourth-order valence-corrected chi connectivity index (χ4v) is 4.94. The van der Waals surface area contributed by atoms with Crippen molar-refractivity contribution in [2.45, 2.75) is 19.4 Å². The molecule has 1 atom stereocenters. The van der Waals surface area contributed by atoms with Gasteiger partial charge in [-0.05, 0) is 37.6 Å². The molecule has 7 nitrogen and oxygen atoms in total. The molecule has 27 heavy (non-hydrogen) atoms. The van der Waals surface area contributed by atoms with E-state index in [-0.39, 0.29) is 23.5 Å². The molecule has 1 fully saturated rings. The van der Waals surface area contributed by atoms with Crippen LogP contribution in [0.25, 0.3) is 0 Å². The fraction of sp³-hybridized carbons (Fsp3) is 0.316. The summed E-state index contributed by atoms with van der Waals surface area (Å²) >= 11 is 0. The fourth-order valence-electron chi connectivity index (χ4n) is 3.21. The SMILES string of the molecule is CCN(C(=O)c1ccnc(Nc2ccccc2C#N)c1)C1CCS(=O)(=O)C1. The Morgan fingerprint density at radius 2 is 2.15 bits per heavy atom. The third-order valence-electron chi connectivity index (χ3n) is 4.57. The number of sulfone groups is 1. The normalized spacial score (nSPS) is 17.9. The Morgan fingerprint density at radius 1 is 1.37 bits per heavy atom. The zero-order chi connectivity index (χ0) is 19.4. The minimum Gasteiger partial charge on any atom is -0.339 e. The average Bonchev–Trinajstić information content (AvgIpc) is 3.02. The highest BCUT2D eigenvalue weighted by Crippen LogP contribution is 2.22. The van der Waals surface area contributed by atoms with Gasteiger partial charge in [0.1, 0.15) is 11.9 Å². The van der Waals surface area contributed by atoms with Crippen LogP contribution in [0.5, 0.6) is 0 Å². The van der Waals surface area contributed by atoms with Crippen LogP contribution in [0.3, 0.4) is 0 Å². The number of carbonyl (C=O) groups excluding carboxylic acids is 1. The van der Waals surface area contributed by atoms with Crippen molar-refractivity contribution in [3.8, 4) is 6.07 Å². The van der Waals surface area contributed by atoms with Crippen molar-refractivity contribution in [1.82, 2.24) is 9.88 Å². The molecule has 1 aliphatic rings. The molecule has 1 unspecified atom stereocenters. The van der Waals surface area contributed by atoms with Crippen molar-refractivity contribution in [1.29, 1.82) is 5.26 Å². The second kappa shape index (κ2) is 7.76. The highest BCUT2D eigenvalue weighted by atomic mass is 32.2. The van der Waals surface area contributed by atoms with Gasteiger partial charge in [-0.3, -0.25) is 4.79 Å². The summed E-state index contributed by atoms with van der Waals surface area (Å²) in [7, 11) is -3.07. The maximum Gasteiger partial charge on any atom is 0.254 e. The predicted molar refractivity (Wildman–Crippen MR) is 102 cm³/mol. The lowest BCUT2D eigenvalue weighted by atomic mass is 10.1. The number of hydrogen-bond donors (Lipinski definition) is 1. The summed E-state index contributed by atoms with van der Waals surface area (Å²) in [5.74, 6) is 0.352. The number of nitrogens with zero attached hydrogens (tertiary/aromatic N) is 3. The number of anilines is 2. The van der Waals surface area contributed by atoms with Gasteiger partial charge < -0.3 is 10.2 Å². The van der Waals surface area contributed by atoms with Gasteiger partial charge in [-0.2, -0.15) is 5.26 Å². The van der Waals surface area contributed by atoms with E-state index in [1.165, 1.54) is 6.20 Å². The van der Waals surface area contributed by atoms with E-state index >= 15 is 0 Å². The molecule has 1 N–H and O–H groups in total. The van der Waals surface area contributed by atoms with Crippen LogP contribution in [-0.2, 0) is 9.84 Å². The molecule has 0 spiro atoms. The number of carbonyl (C=O) groups is 1. The van der Waals surface area contributed by atoms with Gasteiger partial charge in [0.05, 0.1) is 22.8 Å². The van der Waals surface area contributed by atoms with E-state index in [4.69, 9.17) is 0 Å². The number of hydrogen-bond acceptors (Lipinski definition) is 6. The number of aromatic nitrogens is 1. The largest absolute Gasteiger partial charge is 0.339 e. The van der Waals surface area contributed by atoms with E-state index in [9.17, 15) is 18.5 Å². The molecule has 1 aromatic heterocycles. The van der Waals surface area contributed by atoms with Crippen LogP contribution in [0.2, 0.25) is 0 Å². The summed E-state index contributed by atoms with van der Waals surface area (Å²) < 4.78 is 23.5. The zero-order valence-electron chi connectivity index (χ0n) is 14.9. The Hall–Kier alpha value is -2.92. The number of para-hydroxylation sites is 1. The lowest BCUT2D eigenvalue weighted by Crippen LogP contribution is -2.41. The number of rotatable bonds is 5. The minimum absolute atomic E-state index is 0.0122. The number of nitriles is 1. The van der Waals surface area contributed by atoms with Gasteiger partial charge in [-0.1, -0.05) is 12.1 Å². The van der Waals surface area contributed by atoms with Crippen molar-refractivity contribution in [3.05, 3.63) is 53.7 Å². The Morgan fingerprint density at radius 3 is 2.81 bits per heavy atom. The van der Waals surface area contributed by atoms with Crippen LogP contribution in [0.1, 0.15) is 29.3 Å². The second-order valence-corrected chi connectivity index (χ2v) is 8.59. The van der Waals surface area contributed by atoms with Gasteiger partial charge >= 0.3 is 0 Å². The van der Waals surface area contributed by atoms with Gasteiger partial charge in [0.25, 0.3) is 5.91 Å². The minimum atomic E-state index is -3.07. The quantitative estimate of drug-likeness (QED) is 0.849. The molecular formula is C19H20N4O3S. The van der Waals surface area contributed by atoms with Gasteiger partial charge in [-0.15, -0.1) is 0 Å². The molecule has 0 aliphatic carbocycles.